The van der Waals surface area contributed by atoms with Gasteiger partial charge in [-0.05, 0) is 30.5 Å². The standard InChI is InChI=1S/C14H17ClFNO/c15-13(10-5-4-6-11(16)9-10)14(18)17-12-7-2-1-3-8-12/h4-6,9,12-13H,1-3,7-8H2,(H,17,18). The smallest absolute Gasteiger partial charge is 0.242 e. The first kappa shape index (κ1) is 13.3. The summed E-state index contributed by atoms with van der Waals surface area (Å²) >= 11 is 6.07. The van der Waals surface area contributed by atoms with Gasteiger partial charge < -0.3 is 5.32 Å². The second-order valence-corrected chi connectivity index (χ2v) is 5.20. The van der Waals surface area contributed by atoms with Crippen LogP contribution < -0.4 is 5.32 Å². The normalized spacial score (nSPS) is 18.3. The van der Waals surface area contributed by atoms with E-state index in [0.717, 1.165) is 25.7 Å². The first-order chi connectivity index (χ1) is 8.66. The summed E-state index contributed by atoms with van der Waals surface area (Å²) in [6.45, 7) is 0. The van der Waals surface area contributed by atoms with Gasteiger partial charge in [-0.2, -0.15) is 0 Å². The molecule has 2 nitrogen and oxygen atoms in total. The van der Waals surface area contributed by atoms with Crippen LogP contribution in [-0.4, -0.2) is 11.9 Å². The van der Waals surface area contributed by atoms with E-state index in [9.17, 15) is 9.18 Å². The van der Waals surface area contributed by atoms with Crippen LogP contribution in [0.4, 0.5) is 4.39 Å². The number of carbonyl (C=O) groups is 1. The minimum Gasteiger partial charge on any atom is -0.352 e. The molecule has 1 atom stereocenters. The molecule has 1 aromatic rings. The number of rotatable bonds is 3. The summed E-state index contributed by atoms with van der Waals surface area (Å²) in [7, 11) is 0. The average molecular weight is 270 g/mol. The largest absolute Gasteiger partial charge is 0.352 e. The SMILES string of the molecule is O=C(NC1CCCCC1)C(Cl)c1cccc(F)c1. The fourth-order valence-corrected chi connectivity index (χ4v) is 2.54. The van der Waals surface area contributed by atoms with Crippen LogP contribution in [0.5, 0.6) is 0 Å². The molecule has 18 heavy (non-hydrogen) atoms. The molecule has 0 heterocycles. The van der Waals surface area contributed by atoms with Crippen LogP contribution in [0.1, 0.15) is 43.0 Å². The van der Waals surface area contributed by atoms with Crippen molar-refractivity contribution in [2.24, 2.45) is 0 Å². The van der Waals surface area contributed by atoms with E-state index >= 15 is 0 Å². The average Bonchev–Trinajstić information content (AvgIpc) is 2.39. The molecule has 1 saturated carbocycles. The molecule has 0 spiro atoms. The molecule has 0 aromatic heterocycles. The molecule has 1 unspecified atom stereocenters. The van der Waals surface area contributed by atoms with Crippen molar-refractivity contribution in [3.8, 4) is 0 Å². The Morgan fingerprint density at radius 3 is 2.72 bits per heavy atom. The summed E-state index contributed by atoms with van der Waals surface area (Å²) < 4.78 is 13.1. The number of alkyl halides is 1. The summed E-state index contributed by atoms with van der Waals surface area (Å²) in [5.74, 6) is -0.599. The molecule has 0 saturated heterocycles. The molecule has 1 aromatic carbocycles. The van der Waals surface area contributed by atoms with Crippen molar-refractivity contribution in [3.63, 3.8) is 0 Å². The second kappa shape index (κ2) is 6.19. The number of carbonyl (C=O) groups excluding carboxylic acids is 1. The quantitative estimate of drug-likeness (QED) is 0.836. The van der Waals surface area contributed by atoms with Crippen LogP contribution in [-0.2, 0) is 4.79 Å². The molecule has 0 bridgehead atoms. The predicted octanol–water partition coefficient (Wildman–Crippen LogP) is 3.55. The van der Waals surface area contributed by atoms with Crippen molar-refractivity contribution >= 4 is 17.5 Å². The van der Waals surface area contributed by atoms with E-state index in [1.54, 1.807) is 12.1 Å². The fraction of sp³-hybridized carbons (Fsp3) is 0.500. The summed E-state index contributed by atoms with van der Waals surface area (Å²) in [5.41, 5.74) is 0.505. The number of hydrogen-bond donors (Lipinski definition) is 1. The van der Waals surface area contributed by atoms with Gasteiger partial charge in [0.2, 0.25) is 5.91 Å². The predicted molar refractivity (Wildman–Crippen MR) is 70.0 cm³/mol. The zero-order valence-corrected chi connectivity index (χ0v) is 10.9. The summed E-state index contributed by atoms with van der Waals surface area (Å²) in [5, 5.41) is 2.13. The lowest BCUT2D eigenvalue weighted by Gasteiger charge is -2.24. The number of amides is 1. The van der Waals surface area contributed by atoms with Crippen molar-refractivity contribution in [1.29, 1.82) is 0 Å². The van der Waals surface area contributed by atoms with Crippen LogP contribution in [0, 0.1) is 5.82 Å². The minimum atomic E-state index is -0.817. The molecule has 98 valence electrons. The Labute approximate surface area is 112 Å². The highest BCUT2D eigenvalue weighted by molar-refractivity contribution is 6.30. The molecule has 1 aliphatic carbocycles. The Bertz CT molecular complexity index is 418. The third-order valence-electron chi connectivity index (χ3n) is 3.32. The zero-order valence-electron chi connectivity index (χ0n) is 10.2. The van der Waals surface area contributed by atoms with Crippen LogP contribution in [0.25, 0.3) is 0 Å². The molecular weight excluding hydrogens is 253 g/mol. The second-order valence-electron chi connectivity index (χ2n) is 4.76. The molecular formula is C14H17ClFNO. The van der Waals surface area contributed by atoms with E-state index in [2.05, 4.69) is 5.32 Å². The summed E-state index contributed by atoms with van der Waals surface area (Å²) in [6, 6.07) is 6.10. The van der Waals surface area contributed by atoms with Crippen molar-refractivity contribution in [3.05, 3.63) is 35.6 Å². The lowest BCUT2D eigenvalue weighted by atomic mass is 9.95. The molecule has 0 radical (unpaired) electrons. The van der Waals surface area contributed by atoms with Gasteiger partial charge in [0.25, 0.3) is 0 Å². The maximum absolute atomic E-state index is 13.1. The first-order valence-electron chi connectivity index (χ1n) is 6.37. The van der Waals surface area contributed by atoms with Gasteiger partial charge in [-0.3, -0.25) is 4.79 Å². The van der Waals surface area contributed by atoms with E-state index in [0.29, 0.717) is 5.56 Å². The highest BCUT2D eigenvalue weighted by atomic mass is 35.5. The number of benzene rings is 1. The van der Waals surface area contributed by atoms with Crippen molar-refractivity contribution in [2.75, 3.05) is 0 Å². The van der Waals surface area contributed by atoms with Gasteiger partial charge in [-0.1, -0.05) is 31.4 Å². The lowest BCUT2D eigenvalue weighted by Crippen LogP contribution is -2.38. The van der Waals surface area contributed by atoms with Crippen molar-refractivity contribution in [1.82, 2.24) is 5.32 Å². The molecule has 0 aliphatic heterocycles. The monoisotopic (exact) mass is 269 g/mol. The number of nitrogens with one attached hydrogen (secondary N) is 1. The van der Waals surface area contributed by atoms with E-state index in [-0.39, 0.29) is 17.8 Å². The Kier molecular flexibility index (Phi) is 4.59. The molecule has 4 heteroatoms. The van der Waals surface area contributed by atoms with Gasteiger partial charge in [-0.15, -0.1) is 11.6 Å². The molecule has 1 fully saturated rings. The Morgan fingerprint density at radius 1 is 1.33 bits per heavy atom. The number of halogens is 2. The molecule has 1 amide bonds. The molecule has 1 aliphatic rings. The van der Waals surface area contributed by atoms with E-state index in [1.807, 2.05) is 0 Å². The van der Waals surface area contributed by atoms with Crippen LogP contribution in [0.2, 0.25) is 0 Å². The van der Waals surface area contributed by atoms with Crippen LogP contribution in [0.15, 0.2) is 24.3 Å². The van der Waals surface area contributed by atoms with Gasteiger partial charge in [-0.25, -0.2) is 4.39 Å². The summed E-state index contributed by atoms with van der Waals surface area (Å²) in [4.78, 5) is 12.0. The van der Waals surface area contributed by atoms with E-state index in [4.69, 9.17) is 11.6 Å². The topological polar surface area (TPSA) is 29.1 Å². The maximum Gasteiger partial charge on any atom is 0.242 e. The molecule has 2 rings (SSSR count). The fourth-order valence-electron chi connectivity index (χ4n) is 2.34. The third-order valence-corrected chi connectivity index (χ3v) is 3.77. The van der Waals surface area contributed by atoms with Gasteiger partial charge >= 0.3 is 0 Å². The van der Waals surface area contributed by atoms with Crippen molar-refractivity contribution in [2.45, 2.75) is 43.5 Å². The molecule has 1 N–H and O–H groups in total. The van der Waals surface area contributed by atoms with Gasteiger partial charge in [0, 0.05) is 6.04 Å². The van der Waals surface area contributed by atoms with Gasteiger partial charge in [0.15, 0.2) is 0 Å². The van der Waals surface area contributed by atoms with Crippen LogP contribution >= 0.6 is 11.6 Å². The Morgan fingerprint density at radius 2 is 2.06 bits per heavy atom. The van der Waals surface area contributed by atoms with E-state index < -0.39 is 5.38 Å². The highest BCUT2D eigenvalue weighted by Crippen LogP contribution is 2.23. The minimum absolute atomic E-state index is 0.223. The Hall–Kier alpha value is -1.09. The maximum atomic E-state index is 13.1. The first-order valence-corrected chi connectivity index (χ1v) is 6.80. The highest BCUT2D eigenvalue weighted by Gasteiger charge is 2.22. The van der Waals surface area contributed by atoms with Crippen LogP contribution in [0.3, 0.4) is 0 Å². The van der Waals surface area contributed by atoms with Gasteiger partial charge in [0.05, 0.1) is 0 Å². The third kappa shape index (κ3) is 3.45. The Balaban J connectivity index is 1.95. The van der Waals surface area contributed by atoms with Gasteiger partial charge in [0.1, 0.15) is 11.2 Å². The van der Waals surface area contributed by atoms with Crippen molar-refractivity contribution < 1.29 is 9.18 Å². The number of hydrogen-bond acceptors (Lipinski definition) is 1. The summed E-state index contributed by atoms with van der Waals surface area (Å²) in [6.07, 6.45) is 5.56. The zero-order chi connectivity index (χ0) is 13.0. The lowest BCUT2D eigenvalue weighted by molar-refractivity contribution is -0.121. The van der Waals surface area contributed by atoms with E-state index in [1.165, 1.54) is 18.6 Å².